The minimum atomic E-state index is -0.297. The van der Waals surface area contributed by atoms with Gasteiger partial charge in [-0.25, -0.2) is 9.78 Å². The summed E-state index contributed by atoms with van der Waals surface area (Å²) in [5.41, 5.74) is 2.72. The molecule has 0 aliphatic rings. The lowest BCUT2D eigenvalue weighted by Crippen LogP contribution is -2.20. The van der Waals surface area contributed by atoms with Crippen molar-refractivity contribution in [1.82, 2.24) is 4.98 Å². The van der Waals surface area contributed by atoms with Crippen molar-refractivity contribution in [3.05, 3.63) is 65.9 Å². The van der Waals surface area contributed by atoms with Crippen molar-refractivity contribution in [2.24, 2.45) is 0 Å². The number of aryl methyl sites for hydroxylation is 2. The third-order valence-corrected chi connectivity index (χ3v) is 3.38. The van der Waals surface area contributed by atoms with Gasteiger partial charge < -0.3 is 5.32 Å². The second kappa shape index (κ2) is 5.85. The molecule has 110 valence electrons. The summed E-state index contributed by atoms with van der Waals surface area (Å²) in [4.78, 5) is 16.5. The highest BCUT2D eigenvalue weighted by molar-refractivity contribution is 6.05. The first-order valence-electron chi connectivity index (χ1n) is 7.13. The number of hydrogen-bond donors (Lipinski definition) is 2. The van der Waals surface area contributed by atoms with E-state index in [2.05, 4.69) is 15.6 Å². The first kappa shape index (κ1) is 14.1. The third kappa shape index (κ3) is 3.06. The van der Waals surface area contributed by atoms with Gasteiger partial charge in [0, 0.05) is 11.1 Å². The molecule has 0 unspecified atom stereocenters. The van der Waals surface area contributed by atoms with Crippen LogP contribution < -0.4 is 10.6 Å². The van der Waals surface area contributed by atoms with E-state index in [4.69, 9.17) is 0 Å². The molecule has 0 atom stereocenters. The number of carbonyl (C=O) groups excluding carboxylic acids is 1. The van der Waals surface area contributed by atoms with Crippen LogP contribution in [0.3, 0.4) is 0 Å². The van der Waals surface area contributed by atoms with E-state index in [0.717, 1.165) is 27.7 Å². The molecule has 1 heterocycles. The van der Waals surface area contributed by atoms with Crippen molar-refractivity contribution in [3.63, 3.8) is 0 Å². The molecule has 1 aromatic heterocycles. The third-order valence-electron chi connectivity index (χ3n) is 3.38. The van der Waals surface area contributed by atoms with Gasteiger partial charge in [0.1, 0.15) is 5.82 Å². The van der Waals surface area contributed by atoms with Crippen molar-refractivity contribution < 1.29 is 4.79 Å². The lowest BCUT2D eigenvalue weighted by molar-refractivity contribution is 0.262. The number of benzene rings is 2. The summed E-state index contributed by atoms with van der Waals surface area (Å²) in [5.74, 6) is 0.551. The van der Waals surface area contributed by atoms with Crippen LogP contribution in [0.4, 0.5) is 16.3 Å². The maximum atomic E-state index is 12.2. The molecule has 0 aliphatic carbocycles. The standard InChI is InChI=1S/C18H17N3O/c1-12-10-13(2)19-17(11-12)21-18(22)20-16-9-5-7-14-6-3-4-8-15(14)16/h3-11H,1-2H3,(H2,19,20,21,22). The van der Waals surface area contributed by atoms with Gasteiger partial charge in [-0.15, -0.1) is 0 Å². The van der Waals surface area contributed by atoms with Crippen LogP contribution in [0.1, 0.15) is 11.3 Å². The molecule has 0 spiro atoms. The zero-order valence-corrected chi connectivity index (χ0v) is 12.6. The molecule has 2 aromatic carbocycles. The van der Waals surface area contributed by atoms with E-state index in [1.54, 1.807) is 0 Å². The Kier molecular flexibility index (Phi) is 3.74. The largest absolute Gasteiger partial charge is 0.324 e. The zero-order chi connectivity index (χ0) is 15.5. The summed E-state index contributed by atoms with van der Waals surface area (Å²) in [7, 11) is 0. The van der Waals surface area contributed by atoms with Crippen LogP contribution in [0.25, 0.3) is 10.8 Å². The Bertz CT molecular complexity index is 817. The van der Waals surface area contributed by atoms with E-state index in [1.165, 1.54) is 0 Å². The smallest absolute Gasteiger partial charge is 0.307 e. The Balaban J connectivity index is 1.81. The lowest BCUT2D eigenvalue weighted by atomic mass is 10.1. The number of nitrogens with zero attached hydrogens (tertiary/aromatic N) is 1. The number of anilines is 2. The van der Waals surface area contributed by atoms with Crippen molar-refractivity contribution in [2.75, 3.05) is 10.6 Å². The van der Waals surface area contributed by atoms with Gasteiger partial charge in [-0.1, -0.05) is 36.4 Å². The van der Waals surface area contributed by atoms with Crippen LogP contribution in [-0.4, -0.2) is 11.0 Å². The number of amides is 2. The number of nitrogens with one attached hydrogen (secondary N) is 2. The number of fused-ring (bicyclic) bond motifs is 1. The summed E-state index contributed by atoms with van der Waals surface area (Å²) in [6.07, 6.45) is 0. The number of urea groups is 1. The molecule has 0 radical (unpaired) electrons. The fourth-order valence-corrected chi connectivity index (χ4v) is 2.51. The van der Waals surface area contributed by atoms with Gasteiger partial charge in [0.15, 0.2) is 0 Å². The average molecular weight is 291 g/mol. The minimum Gasteiger partial charge on any atom is -0.307 e. The van der Waals surface area contributed by atoms with Crippen molar-refractivity contribution in [3.8, 4) is 0 Å². The van der Waals surface area contributed by atoms with Crippen LogP contribution in [0, 0.1) is 13.8 Å². The van der Waals surface area contributed by atoms with E-state index >= 15 is 0 Å². The molecule has 0 fully saturated rings. The van der Waals surface area contributed by atoms with Gasteiger partial charge in [-0.3, -0.25) is 5.32 Å². The first-order valence-corrected chi connectivity index (χ1v) is 7.13. The SMILES string of the molecule is Cc1cc(C)nc(NC(=O)Nc2cccc3ccccc23)c1. The Labute approximate surface area is 129 Å². The molecule has 4 nitrogen and oxygen atoms in total. The first-order chi connectivity index (χ1) is 10.6. The number of aromatic nitrogens is 1. The Hall–Kier alpha value is -2.88. The number of rotatable bonds is 2. The Morgan fingerprint density at radius 2 is 1.73 bits per heavy atom. The fourth-order valence-electron chi connectivity index (χ4n) is 2.51. The highest BCUT2D eigenvalue weighted by Gasteiger charge is 2.07. The van der Waals surface area contributed by atoms with Gasteiger partial charge in [-0.05, 0) is 43.0 Å². The van der Waals surface area contributed by atoms with Crippen molar-refractivity contribution in [1.29, 1.82) is 0 Å². The van der Waals surface area contributed by atoms with Crippen LogP contribution >= 0.6 is 0 Å². The number of pyridine rings is 1. The van der Waals surface area contributed by atoms with Gasteiger partial charge in [-0.2, -0.15) is 0 Å². The van der Waals surface area contributed by atoms with E-state index in [0.29, 0.717) is 5.82 Å². The summed E-state index contributed by atoms with van der Waals surface area (Å²) in [5, 5.41) is 7.75. The Morgan fingerprint density at radius 1 is 0.955 bits per heavy atom. The van der Waals surface area contributed by atoms with E-state index in [-0.39, 0.29) is 6.03 Å². The maximum absolute atomic E-state index is 12.2. The van der Waals surface area contributed by atoms with Crippen LogP contribution in [0.2, 0.25) is 0 Å². The monoisotopic (exact) mass is 291 g/mol. The van der Waals surface area contributed by atoms with Crippen LogP contribution in [0.5, 0.6) is 0 Å². The molecule has 2 N–H and O–H groups in total. The van der Waals surface area contributed by atoms with Gasteiger partial charge >= 0.3 is 6.03 Å². The molecular weight excluding hydrogens is 274 g/mol. The van der Waals surface area contributed by atoms with Crippen LogP contribution in [-0.2, 0) is 0 Å². The van der Waals surface area contributed by atoms with Gasteiger partial charge in [0.2, 0.25) is 0 Å². The van der Waals surface area contributed by atoms with Gasteiger partial charge in [0.05, 0.1) is 5.69 Å². The average Bonchev–Trinajstić information content (AvgIpc) is 2.46. The Morgan fingerprint density at radius 3 is 2.55 bits per heavy atom. The predicted octanol–water partition coefficient (Wildman–Crippen LogP) is 4.50. The van der Waals surface area contributed by atoms with Crippen LogP contribution in [0.15, 0.2) is 54.6 Å². The molecule has 4 heteroatoms. The molecule has 0 saturated heterocycles. The molecule has 3 aromatic rings. The second-order valence-electron chi connectivity index (χ2n) is 5.28. The highest BCUT2D eigenvalue weighted by Crippen LogP contribution is 2.23. The summed E-state index contributed by atoms with van der Waals surface area (Å²) >= 11 is 0. The van der Waals surface area contributed by atoms with E-state index in [9.17, 15) is 4.79 Å². The molecule has 0 aliphatic heterocycles. The molecule has 2 amide bonds. The van der Waals surface area contributed by atoms with Crippen molar-refractivity contribution >= 4 is 28.3 Å². The van der Waals surface area contributed by atoms with E-state index < -0.39 is 0 Å². The second-order valence-corrected chi connectivity index (χ2v) is 5.28. The number of carbonyl (C=O) groups is 1. The summed E-state index contributed by atoms with van der Waals surface area (Å²) in [6.45, 7) is 3.88. The quantitative estimate of drug-likeness (QED) is 0.730. The molecular formula is C18H17N3O. The van der Waals surface area contributed by atoms with Crippen molar-refractivity contribution in [2.45, 2.75) is 13.8 Å². The lowest BCUT2D eigenvalue weighted by Gasteiger charge is -2.10. The van der Waals surface area contributed by atoms with E-state index in [1.807, 2.05) is 68.4 Å². The topological polar surface area (TPSA) is 54.0 Å². The number of hydrogen-bond acceptors (Lipinski definition) is 2. The zero-order valence-electron chi connectivity index (χ0n) is 12.6. The summed E-state index contributed by atoms with van der Waals surface area (Å²) in [6, 6.07) is 17.3. The fraction of sp³-hybridized carbons (Fsp3) is 0.111. The summed E-state index contributed by atoms with van der Waals surface area (Å²) < 4.78 is 0. The molecule has 3 rings (SSSR count). The normalized spacial score (nSPS) is 10.5. The maximum Gasteiger partial charge on any atom is 0.324 e. The highest BCUT2D eigenvalue weighted by atomic mass is 16.2. The molecule has 22 heavy (non-hydrogen) atoms. The molecule has 0 bridgehead atoms. The molecule has 0 saturated carbocycles. The predicted molar refractivity (Wildman–Crippen MR) is 90.3 cm³/mol. The van der Waals surface area contributed by atoms with Gasteiger partial charge in [0.25, 0.3) is 0 Å². The minimum absolute atomic E-state index is 0.297.